The topological polar surface area (TPSA) is 71.3 Å². The van der Waals surface area contributed by atoms with Crippen molar-refractivity contribution in [1.29, 1.82) is 0 Å². The molecule has 1 aromatic heterocycles. The van der Waals surface area contributed by atoms with Crippen molar-refractivity contribution in [3.63, 3.8) is 0 Å². The van der Waals surface area contributed by atoms with E-state index in [1.165, 1.54) is 6.07 Å². The Morgan fingerprint density at radius 1 is 1.33 bits per heavy atom. The zero-order chi connectivity index (χ0) is 16.0. The maximum absolute atomic E-state index is 11.3. The van der Waals surface area contributed by atoms with E-state index in [0.717, 1.165) is 19.4 Å². The van der Waals surface area contributed by atoms with Crippen molar-refractivity contribution in [2.75, 3.05) is 23.8 Å². The Labute approximate surface area is 126 Å². The van der Waals surface area contributed by atoms with Gasteiger partial charge in [-0.2, -0.15) is 0 Å². The van der Waals surface area contributed by atoms with E-state index in [0.29, 0.717) is 17.6 Å². The highest BCUT2D eigenvalue weighted by atomic mass is 16.6. The Kier molecular flexibility index (Phi) is 6.39. The van der Waals surface area contributed by atoms with Gasteiger partial charge in [-0.1, -0.05) is 27.7 Å². The number of nitrogens with one attached hydrogen (secondary N) is 1. The molecular weight excluding hydrogens is 268 g/mol. The lowest BCUT2D eigenvalue weighted by Gasteiger charge is -2.32. The van der Waals surface area contributed by atoms with Crippen molar-refractivity contribution in [3.8, 4) is 0 Å². The van der Waals surface area contributed by atoms with Crippen molar-refractivity contribution < 1.29 is 4.92 Å². The molecule has 1 aromatic rings. The fourth-order valence-electron chi connectivity index (χ4n) is 2.47. The average molecular weight is 294 g/mol. The number of hydrogen-bond donors (Lipinski definition) is 1. The molecule has 0 fully saturated rings. The van der Waals surface area contributed by atoms with Crippen LogP contribution in [0.15, 0.2) is 12.1 Å². The molecule has 0 spiro atoms. The van der Waals surface area contributed by atoms with Gasteiger partial charge < -0.3 is 10.2 Å². The third kappa shape index (κ3) is 4.31. The van der Waals surface area contributed by atoms with Gasteiger partial charge >= 0.3 is 5.69 Å². The summed E-state index contributed by atoms with van der Waals surface area (Å²) in [5.74, 6) is 1.52. The number of anilines is 2. The molecule has 0 aliphatic rings. The maximum atomic E-state index is 11.3. The SMILES string of the molecule is CCC(CC)N(CC(C)C)c1nc(NC)ccc1[N+](=O)[O-]. The van der Waals surface area contributed by atoms with E-state index in [4.69, 9.17) is 0 Å². The van der Waals surface area contributed by atoms with Crippen molar-refractivity contribution in [3.05, 3.63) is 22.2 Å². The van der Waals surface area contributed by atoms with E-state index >= 15 is 0 Å². The molecule has 1 rings (SSSR count). The molecule has 0 saturated heterocycles. The van der Waals surface area contributed by atoms with E-state index in [9.17, 15) is 10.1 Å². The van der Waals surface area contributed by atoms with Crippen molar-refractivity contribution in [2.45, 2.75) is 46.6 Å². The van der Waals surface area contributed by atoms with Crippen molar-refractivity contribution in [1.82, 2.24) is 4.98 Å². The van der Waals surface area contributed by atoms with Gasteiger partial charge in [-0.3, -0.25) is 10.1 Å². The summed E-state index contributed by atoms with van der Waals surface area (Å²) in [6.45, 7) is 9.20. The van der Waals surface area contributed by atoms with Crippen LogP contribution in [0.5, 0.6) is 0 Å². The van der Waals surface area contributed by atoms with Crippen LogP contribution in [0, 0.1) is 16.0 Å². The molecule has 0 saturated carbocycles. The molecule has 0 radical (unpaired) electrons. The van der Waals surface area contributed by atoms with E-state index < -0.39 is 0 Å². The second-order valence-electron chi connectivity index (χ2n) is 5.56. The first-order valence-corrected chi connectivity index (χ1v) is 7.54. The molecule has 0 aliphatic heterocycles. The van der Waals surface area contributed by atoms with Crippen molar-refractivity contribution in [2.24, 2.45) is 5.92 Å². The highest BCUT2D eigenvalue weighted by Crippen LogP contribution is 2.31. The highest BCUT2D eigenvalue weighted by molar-refractivity contribution is 5.62. The maximum Gasteiger partial charge on any atom is 0.311 e. The van der Waals surface area contributed by atoms with Gasteiger partial charge in [0.15, 0.2) is 0 Å². The second kappa shape index (κ2) is 7.81. The Balaban J connectivity index is 3.35. The van der Waals surface area contributed by atoms with Gasteiger partial charge in [-0.05, 0) is 24.8 Å². The quantitative estimate of drug-likeness (QED) is 0.585. The summed E-state index contributed by atoms with van der Waals surface area (Å²) in [5.41, 5.74) is 0.0709. The summed E-state index contributed by atoms with van der Waals surface area (Å²) >= 11 is 0. The Morgan fingerprint density at radius 3 is 2.38 bits per heavy atom. The minimum absolute atomic E-state index is 0.0709. The monoisotopic (exact) mass is 294 g/mol. The van der Waals surface area contributed by atoms with E-state index in [2.05, 4.69) is 42.9 Å². The summed E-state index contributed by atoms with van der Waals surface area (Å²) in [7, 11) is 1.77. The van der Waals surface area contributed by atoms with Gasteiger partial charge in [-0.15, -0.1) is 0 Å². The summed E-state index contributed by atoms with van der Waals surface area (Å²) in [6.07, 6.45) is 1.87. The highest BCUT2D eigenvalue weighted by Gasteiger charge is 2.26. The fourth-order valence-corrected chi connectivity index (χ4v) is 2.47. The average Bonchev–Trinajstić information content (AvgIpc) is 2.46. The Hall–Kier alpha value is -1.85. The van der Waals surface area contributed by atoms with Crippen LogP contribution in [0.3, 0.4) is 0 Å². The summed E-state index contributed by atoms with van der Waals surface area (Å²) in [6, 6.07) is 3.43. The van der Waals surface area contributed by atoms with Crippen molar-refractivity contribution >= 4 is 17.3 Å². The first-order chi connectivity index (χ1) is 9.94. The normalized spacial score (nSPS) is 11.0. The van der Waals surface area contributed by atoms with Gasteiger partial charge in [0.05, 0.1) is 4.92 Å². The summed E-state index contributed by atoms with van der Waals surface area (Å²) in [5, 5.41) is 14.3. The molecule has 118 valence electrons. The molecule has 21 heavy (non-hydrogen) atoms. The van der Waals surface area contributed by atoms with Gasteiger partial charge in [0, 0.05) is 25.7 Å². The predicted molar refractivity (Wildman–Crippen MR) is 87.0 cm³/mol. The van der Waals surface area contributed by atoms with Crippen LogP contribution in [0.4, 0.5) is 17.3 Å². The molecule has 0 unspecified atom stereocenters. The predicted octanol–water partition coefficient (Wildman–Crippen LogP) is 3.68. The van der Waals surface area contributed by atoms with Gasteiger partial charge in [0.25, 0.3) is 0 Å². The lowest BCUT2D eigenvalue weighted by molar-refractivity contribution is -0.384. The standard InChI is InChI=1S/C15H26N4O2/c1-6-12(7-2)18(10-11(3)4)15-13(19(20)21)8-9-14(16-5)17-15/h8-9,11-12H,6-7,10H2,1-5H3,(H,16,17). The lowest BCUT2D eigenvalue weighted by atomic mass is 10.1. The molecule has 6 nitrogen and oxygen atoms in total. The van der Waals surface area contributed by atoms with Gasteiger partial charge in [-0.25, -0.2) is 4.98 Å². The van der Waals surface area contributed by atoms with Crippen LogP contribution >= 0.6 is 0 Å². The first kappa shape index (κ1) is 17.2. The summed E-state index contributed by atoms with van der Waals surface area (Å²) < 4.78 is 0. The number of nitro groups is 1. The van der Waals surface area contributed by atoms with Crippen LogP contribution in [0.2, 0.25) is 0 Å². The van der Waals surface area contributed by atoms with E-state index in [1.54, 1.807) is 13.1 Å². The number of nitrogens with zero attached hydrogens (tertiary/aromatic N) is 3. The van der Waals surface area contributed by atoms with Gasteiger partial charge in [0.2, 0.25) is 5.82 Å². The molecule has 0 aromatic carbocycles. The summed E-state index contributed by atoms with van der Waals surface area (Å²) in [4.78, 5) is 17.5. The zero-order valence-electron chi connectivity index (χ0n) is 13.6. The fraction of sp³-hybridized carbons (Fsp3) is 0.667. The molecule has 1 N–H and O–H groups in total. The minimum atomic E-state index is -0.350. The third-order valence-electron chi connectivity index (χ3n) is 3.52. The lowest BCUT2D eigenvalue weighted by Crippen LogP contribution is -2.38. The van der Waals surface area contributed by atoms with E-state index in [1.807, 2.05) is 0 Å². The van der Waals surface area contributed by atoms with Gasteiger partial charge in [0.1, 0.15) is 5.82 Å². The smallest absolute Gasteiger partial charge is 0.311 e. The van der Waals surface area contributed by atoms with Crippen LogP contribution in [0.25, 0.3) is 0 Å². The molecule has 0 bridgehead atoms. The molecular formula is C15H26N4O2. The molecule has 0 amide bonds. The third-order valence-corrected chi connectivity index (χ3v) is 3.52. The number of rotatable bonds is 8. The van der Waals surface area contributed by atoms with E-state index in [-0.39, 0.29) is 16.7 Å². The van der Waals surface area contributed by atoms with Crippen LogP contribution in [-0.4, -0.2) is 29.5 Å². The molecule has 6 heteroatoms. The molecule has 1 heterocycles. The Morgan fingerprint density at radius 2 is 1.95 bits per heavy atom. The number of aromatic nitrogens is 1. The first-order valence-electron chi connectivity index (χ1n) is 7.54. The van der Waals surface area contributed by atoms with Crippen LogP contribution in [-0.2, 0) is 0 Å². The minimum Gasteiger partial charge on any atom is -0.373 e. The molecule has 0 atom stereocenters. The molecule has 0 aliphatic carbocycles. The second-order valence-corrected chi connectivity index (χ2v) is 5.56. The largest absolute Gasteiger partial charge is 0.373 e. The van der Waals surface area contributed by atoms with Crippen LogP contribution in [0.1, 0.15) is 40.5 Å². The Bertz CT molecular complexity index is 473. The number of hydrogen-bond acceptors (Lipinski definition) is 5. The number of pyridine rings is 1. The van der Waals surface area contributed by atoms with Crippen LogP contribution < -0.4 is 10.2 Å². The zero-order valence-corrected chi connectivity index (χ0v) is 13.6.